The Labute approximate surface area is 141 Å². The topological polar surface area (TPSA) is 47.6 Å². The zero-order valence-electron chi connectivity index (χ0n) is 13.3. The number of aryl methyl sites for hydroxylation is 1. The second-order valence-corrected chi connectivity index (χ2v) is 5.55. The van der Waals surface area contributed by atoms with Crippen LogP contribution in [0.5, 0.6) is 11.5 Å². The summed E-state index contributed by atoms with van der Waals surface area (Å²) in [7, 11) is 1.55. The van der Waals surface area contributed by atoms with Gasteiger partial charge >= 0.3 is 0 Å². The molecule has 2 aromatic rings. The van der Waals surface area contributed by atoms with Gasteiger partial charge in [0.1, 0.15) is 11.5 Å². The van der Waals surface area contributed by atoms with Crippen molar-refractivity contribution in [2.45, 2.75) is 19.8 Å². The summed E-state index contributed by atoms with van der Waals surface area (Å²) in [5.41, 5.74) is 1.66. The molecule has 1 N–H and O–H groups in total. The summed E-state index contributed by atoms with van der Waals surface area (Å²) >= 11 is 5.94. The number of anilines is 1. The average Bonchev–Trinajstić information content (AvgIpc) is 2.53. The molecular formula is C18H20ClNO3. The number of para-hydroxylation sites is 1. The highest BCUT2D eigenvalue weighted by Crippen LogP contribution is 2.27. The van der Waals surface area contributed by atoms with Crippen molar-refractivity contribution in [1.29, 1.82) is 0 Å². The predicted octanol–water partition coefficient (Wildman–Crippen LogP) is 4.45. The van der Waals surface area contributed by atoms with Crippen molar-refractivity contribution in [1.82, 2.24) is 0 Å². The van der Waals surface area contributed by atoms with Crippen LogP contribution in [-0.4, -0.2) is 19.6 Å². The Morgan fingerprint density at radius 2 is 1.96 bits per heavy atom. The van der Waals surface area contributed by atoms with Gasteiger partial charge in [0.25, 0.3) is 0 Å². The van der Waals surface area contributed by atoms with Crippen molar-refractivity contribution < 1.29 is 14.3 Å². The van der Waals surface area contributed by atoms with Crippen LogP contribution in [0.15, 0.2) is 42.5 Å². The molecule has 0 aliphatic rings. The first kappa shape index (κ1) is 17.2. The summed E-state index contributed by atoms with van der Waals surface area (Å²) in [5, 5.41) is 3.35. The Kier molecular flexibility index (Phi) is 6.29. The van der Waals surface area contributed by atoms with Gasteiger partial charge in [-0.05, 0) is 43.2 Å². The molecule has 0 aliphatic carbocycles. The largest absolute Gasteiger partial charge is 0.495 e. The van der Waals surface area contributed by atoms with Gasteiger partial charge in [-0.25, -0.2) is 0 Å². The van der Waals surface area contributed by atoms with E-state index in [2.05, 4.69) is 5.32 Å². The molecule has 0 radical (unpaired) electrons. The van der Waals surface area contributed by atoms with Crippen LogP contribution < -0.4 is 14.8 Å². The third kappa shape index (κ3) is 5.18. The highest BCUT2D eigenvalue weighted by Gasteiger charge is 2.08. The first-order valence-corrected chi connectivity index (χ1v) is 7.80. The monoisotopic (exact) mass is 333 g/mol. The highest BCUT2D eigenvalue weighted by molar-refractivity contribution is 6.31. The summed E-state index contributed by atoms with van der Waals surface area (Å²) in [6, 6.07) is 12.9. The fourth-order valence-electron chi connectivity index (χ4n) is 2.12. The van der Waals surface area contributed by atoms with Crippen LogP contribution >= 0.6 is 11.6 Å². The number of amides is 1. The third-order valence-electron chi connectivity index (χ3n) is 3.33. The molecule has 2 aromatic carbocycles. The van der Waals surface area contributed by atoms with Crippen molar-refractivity contribution in [2.75, 3.05) is 19.0 Å². The van der Waals surface area contributed by atoms with Crippen LogP contribution in [0.3, 0.4) is 0 Å². The number of hydrogen-bond acceptors (Lipinski definition) is 3. The minimum Gasteiger partial charge on any atom is -0.495 e. The maximum atomic E-state index is 12.0. The minimum absolute atomic E-state index is 0.0982. The highest BCUT2D eigenvalue weighted by atomic mass is 35.5. The molecule has 122 valence electrons. The first-order chi connectivity index (χ1) is 11.1. The maximum absolute atomic E-state index is 12.0. The molecule has 2 rings (SSSR count). The predicted molar refractivity (Wildman–Crippen MR) is 92.5 cm³/mol. The SMILES string of the molecule is COc1ccc(Cl)cc1NC(=O)CCCOc1ccccc1C. The van der Waals surface area contributed by atoms with Crippen LogP contribution in [0.2, 0.25) is 5.02 Å². The number of benzene rings is 2. The second kappa shape index (κ2) is 8.44. The quantitative estimate of drug-likeness (QED) is 0.761. The van der Waals surface area contributed by atoms with Crippen molar-refractivity contribution in [3.8, 4) is 11.5 Å². The fourth-order valence-corrected chi connectivity index (χ4v) is 2.30. The summed E-state index contributed by atoms with van der Waals surface area (Å²) in [6.45, 7) is 2.48. The van der Waals surface area contributed by atoms with E-state index in [0.29, 0.717) is 35.9 Å². The van der Waals surface area contributed by atoms with E-state index in [1.807, 2.05) is 31.2 Å². The van der Waals surface area contributed by atoms with Gasteiger partial charge in [0.05, 0.1) is 19.4 Å². The summed E-state index contributed by atoms with van der Waals surface area (Å²) in [6.07, 6.45) is 0.991. The van der Waals surface area contributed by atoms with Crippen molar-refractivity contribution in [3.63, 3.8) is 0 Å². The molecular weight excluding hydrogens is 314 g/mol. The third-order valence-corrected chi connectivity index (χ3v) is 3.57. The van der Waals surface area contributed by atoms with Crippen molar-refractivity contribution in [3.05, 3.63) is 53.1 Å². The Hall–Kier alpha value is -2.20. The van der Waals surface area contributed by atoms with E-state index in [0.717, 1.165) is 11.3 Å². The molecule has 1 amide bonds. The molecule has 0 spiro atoms. The van der Waals surface area contributed by atoms with E-state index in [-0.39, 0.29) is 5.91 Å². The Morgan fingerprint density at radius 3 is 2.70 bits per heavy atom. The number of halogens is 1. The number of hydrogen-bond donors (Lipinski definition) is 1. The fraction of sp³-hybridized carbons (Fsp3) is 0.278. The van der Waals surface area contributed by atoms with E-state index < -0.39 is 0 Å². The lowest BCUT2D eigenvalue weighted by Gasteiger charge is -2.11. The molecule has 5 heteroatoms. The lowest BCUT2D eigenvalue weighted by molar-refractivity contribution is -0.116. The number of carbonyl (C=O) groups is 1. The van der Waals surface area contributed by atoms with Gasteiger partial charge in [-0.2, -0.15) is 0 Å². The standard InChI is InChI=1S/C18H20ClNO3/c1-13-6-3-4-7-16(13)23-11-5-8-18(21)20-15-12-14(19)9-10-17(15)22-2/h3-4,6-7,9-10,12H,5,8,11H2,1-2H3,(H,20,21). The number of methoxy groups -OCH3 is 1. The van der Waals surface area contributed by atoms with E-state index in [1.54, 1.807) is 25.3 Å². The summed E-state index contributed by atoms with van der Waals surface area (Å²) < 4.78 is 10.9. The Balaban J connectivity index is 1.80. The lowest BCUT2D eigenvalue weighted by Crippen LogP contribution is -2.13. The van der Waals surface area contributed by atoms with Crippen molar-refractivity contribution in [2.24, 2.45) is 0 Å². The summed E-state index contributed by atoms with van der Waals surface area (Å²) in [4.78, 5) is 12.0. The maximum Gasteiger partial charge on any atom is 0.224 e. The summed E-state index contributed by atoms with van der Waals surface area (Å²) in [5.74, 6) is 1.34. The average molecular weight is 334 g/mol. The van der Waals surface area contributed by atoms with Gasteiger partial charge in [0.15, 0.2) is 0 Å². The van der Waals surface area contributed by atoms with Crippen LogP contribution in [0, 0.1) is 6.92 Å². The molecule has 0 bridgehead atoms. The van der Waals surface area contributed by atoms with Gasteiger partial charge in [-0.15, -0.1) is 0 Å². The molecule has 4 nitrogen and oxygen atoms in total. The van der Waals surface area contributed by atoms with Gasteiger partial charge in [-0.3, -0.25) is 4.79 Å². The van der Waals surface area contributed by atoms with Crippen LogP contribution in [0.1, 0.15) is 18.4 Å². The molecule has 0 fully saturated rings. The number of rotatable bonds is 7. The van der Waals surface area contributed by atoms with E-state index in [1.165, 1.54) is 0 Å². The molecule has 0 heterocycles. The molecule has 0 saturated carbocycles. The Morgan fingerprint density at radius 1 is 1.17 bits per heavy atom. The zero-order chi connectivity index (χ0) is 16.7. The molecule has 0 saturated heterocycles. The van der Waals surface area contributed by atoms with Gasteiger partial charge in [-0.1, -0.05) is 29.8 Å². The number of nitrogens with one attached hydrogen (secondary N) is 1. The molecule has 0 atom stereocenters. The van der Waals surface area contributed by atoms with E-state index >= 15 is 0 Å². The normalized spacial score (nSPS) is 10.2. The number of carbonyl (C=O) groups excluding carboxylic acids is 1. The number of ether oxygens (including phenoxy) is 2. The van der Waals surface area contributed by atoms with Crippen LogP contribution in [0.4, 0.5) is 5.69 Å². The zero-order valence-corrected chi connectivity index (χ0v) is 14.0. The molecule has 0 aromatic heterocycles. The van der Waals surface area contributed by atoms with Gasteiger partial charge in [0, 0.05) is 11.4 Å². The smallest absolute Gasteiger partial charge is 0.224 e. The van der Waals surface area contributed by atoms with Crippen molar-refractivity contribution >= 4 is 23.2 Å². The molecule has 23 heavy (non-hydrogen) atoms. The lowest BCUT2D eigenvalue weighted by atomic mass is 10.2. The Bertz CT molecular complexity index is 673. The van der Waals surface area contributed by atoms with E-state index in [9.17, 15) is 4.79 Å². The molecule has 0 unspecified atom stereocenters. The van der Waals surface area contributed by atoms with Gasteiger partial charge in [0.2, 0.25) is 5.91 Å². The van der Waals surface area contributed by atoms with Crippen LogP contribution in [0.25, 0.3) is 0 Å². The molecule has 0 aliphatic heterocycles. The second-order valence-electron chi connectivity index (χ2n) is 5.11. The van der Waals surface area contributed by atoms with E-state index in [4.69, 9.17) is 21.1 Å². The van der Waals surface area contributed by atoms with Gasteiger partial charge < -0.3 is 14.8 Å². The first-order valence-electron chi connectivity index (χ1n) is 7.42. The van der Waals surface area contributed by atoms with Crippen LogP contribution in [-0.2, 0) is 4.79 Å². The minimum atomic E-state index is -0.0982.